The van der Waals surface area contributed by atoms with Crippen molar-refractivity contribution < 1.29 is 13.5 Å². The van der Waals surface area contributed by atoms with Gasteiger partial charge in [0.15, 0.2) is 0 Å². The van der Waals surface area contributed by atoms with E-state index in [1.54, 1.807) is 42.4 Å². The molecule has 3 rings (SSSR count). The van der Waals surface area contributed by atoms with Crippen molar-refractivity contribution in [2.24, 2.45) is 10.8 Å². The first-order valence-corrected chi connectivity index (χ1v) is 10.1. The zero-order valence-electron chi connectivity index (χ0n) is 15.3. The van der Waals surface area contributed by atoms with E-state index >= 15 is 0 Å². The maximum absolute atomic E-state index is 13.2. The van der Waals surface area contributed by atoms with E-state index in [2.05, 4.69) is 20.8 Å². The van der Waals surface area contributed by atoms with Crippen molar-refractivity contribution in [3.8, 4) is 0 Å². The molecule has 1 aromatic rings. The van der Waals surface area contributed by atoms with Crippen LogP contribution in [0, 0.1) is 10.8 Å². The highest BCUT2D eigenvalue weighted by Gasteiger charge is 2.53. The van der Waals surface area contributed by atoms with Gasteiger partial charge in [-0.15, -0.1) is 0 Å². The number of rotatable bonds is 3. The summed E-state index contributed by atoms with van der Waals surface area (Å²) in [6, 6.07) is 6.76. The van der Waals surface area contributed by atoms with Crippen molar-refractivity contribution in [3.63, 3.8) is 0 Å². The number of sulfonamides is 1. The Balaban J connectivity index is 1.92. The normalized spacial score (nSPS) is 30.5. The zero-order valence-corrected chi connectivity index (χ0v) is 16.2. The number of benzene rings is 1. The van der Waals surface area contributed by atoms with Crippen LogP contribution >= 0.6 is 0 Å². The van der Waals surface area contributed by atoms with Crippen LogP contribution in [0.5, 0.6) is 0 Å². The SMILES string of the molecule is CC1(C)C[C@H]2C[C@](C)(CN2S(=O)(=O)c2ccc(C(C)(C)O)cc2)C1. The summed E-state index contributed by atoms with van der Waals surface area (Å²) in [6.45, 7) is 10.7. The summed E-state index contributed by atoms with van der Waals surface area (Å²) in [7, 11) is -3.49. The van der Waals surface area contributed by atoms with E-state index in [0.29, 0.717) is 11.4 Å². The molecule has 0 aromatic heterocycles. The number of hydrogen-bond donors (Lipinski definition) is 1. The lowest BCUT2D eigenvalue weighted by Gasteiger charge is -2.39. The molecule has 4 nitrogen and oxygen atoms in total. The third-order valence-corrected chi connectivity index (χ3v) is 7.45. The van der Waals surface area contributed by atoms with Gasteiger partial charge in [-0.05, 0) is 61.6 Å². The minimum absolute atomic E-state index is 0.0759. The van der Waals surface area contributed by atoms with E-state index < -0.39 is 15.6 Å². The Labute approximate surface area is 145 Å². The molecule has 24 heavy (non-hydrogen) atoms. The summed E-state index contributed by atoms with van der Waals surface area (Å²) in [4.78, 5) is 0.324. The van der Waals surface area contributed by atoms with E-state index in [1.807, 2.05) is 0 Å². The van der Waals surface area contributed by atoms with Crippen molar-refractivity contribution in [2.45, 2.75) is 70.4 Å². The Morgan fingerprint density at radius 3 is 2.25 bits per heavy atom. The quantitative estimate of drug-likeness (QED) is 0.907. The molecule has 5 heteroatoms. The standard InChI is InChI=1S/C19H29NO3S/c1-17(2)10-15-11-19(5,12-17)13-20(15)24(22,23)16-8-6-14(7-9-16)18(3,4)21/h6-9,15,21H,10-13H2,1-5H3/t15-,19-/m0/s1. The van der Waals surface area contributed by atoms with Crippen LogP contribution < -0.4 is 0 Å². The molecule has 2 atom stereocenters. The van der Waals surface area contributed by atoms with Crippen molar-refractivity contribution in [1.29, 1.82) is 0 Å². The van der Waals surface area contributed by atoms with Gasteiger partial charge >= 0.3 is 0 Å². The fourth-order valence-corrected chi connectivity index (χ4v) is 6.63. The molecular formula is C19H29NO3S. The van der Waals surface area contributed by atoms with E-state index in [9.17, 15) is 13.5 Å². The van der Waals surface area contributed by atoms with Gasteiger partial charge in [0.1, 0.15) is 0 Å². The average Bonchev–Trinajstić information content (AvgIpc) is 2.67. The van der Waals surface area contributed by atoms with E-state index in [4.69, 9.17) is 0 Å². The lowest BCUT2D eigenvalue weighted by molar-refractivity contribution is 0.0785. The minimum atomic E-state index is -3.49. The molecule has 2 bridgehead atoms. The van der Waals surface area contributed by atoms with E-state index in [-0.39, 0.29) is 16.9 Å². The Morgan fingerprint density at radius 2 is 1.71 bits per heavy atom. The van der Waals surface area contributed by atoms with Gasteiger partial charge in [-0.1, -0.05) is 32.9 Å². The number of aliphatic hydroxyl groups is 1. The van der Waals surface area contributed by atoms with Crippen LogP contribution in [-0.4, -0.2) is 30.4 Å². The van der Waals surface area contributed by atoms with Gasteiger partial charge in [-0.2, -0.15) is 4.31 Å². The minimum Gasteiger partial charge on any atom is -0.386 e. The Bertz CT molecular complexity index is 731. The van der Waals surface area contributed by atoms with Crippen molar-refractivity contribution in [1.82, 2.24) is 4.31 Å². The first-order chi connectivity index (χ1) is 10.8. The smallest absolute Gasteiger partial charge is 0.243 e. The van der Waals surface area contributed by atoms with Crippen molar-refractivity contribution in [2.75, 3.05) is 6.54 Å². The van der Waals surface area contributed by atoms with Gasteiger partial charge in [-0.3, -0.25) is 0 Å². The molecule has 0 radical (unpaired) electrons. The molecule has 1 aromatic carbocycles. The number of fused-ring (bicyclic) bond motifs is 2. The Morgan fingerprint density at radius 1 is 1.12 bits per heavy atom. The second kappa shape index (κ2) is 5.29. The first kappa shape index (κ1) is 17.9. The molecular weight excluding hydrogens is 322 g/mol. The third-order valence-electron chi connectivity index (χ3n) is 5.53. The predicted octanol–water partition coefficient (Wildman–Crippen LogP) is 3.50. The monoisotopic (exact) mass is 351 g/mol. The van der Waals surface area contributed by atoms with Crippen LogP contribution in [0.3, 0.4) is 0 Å². The van der Waals surface area contributed by atoms with Gasteiger partial charge in [-0.25, -0.2) is 8.42 Å². The van der Waals surface area contributed by atoms with Gasteiger partial charge in [0, 0.05) is 12.6 Å². The topological polar surface area (TPSA) is 57.6 Å². The summed E-state index contributed by atoms with van der Waals surface area (Å²) >= 11 is 0. The fraction of sp³-hybridized carbons (Fsp3) is 0.684. The maximum Gasteiger partial charge on any atom is 0.243 e. The molecule has 1 saturated carbocycles. The number of nitrogens with zero attached hydrogens (tertiary/aromatic N) is 1. The van der Waals surface area contributed by atoms with Crippen LogP contribution in [-0.2, 0) is 15.6 Å². The summed E-state index contributed by atoms with van der Waals surface area (Å²) in [5.74, 6) is 0. The van der Waals surface area contributed by atoms with E-state index in [0.717, 1.165) is 24.8 Å². The highest BCUT2D eigenvalue weighted by molar-refractivity contribution is 7.89. The largest absolute Gasteiger partial charge is 0.386 e. The molecule has 1 aliphatic carbocycles. The molecule has 1 saturated heterocycles. The molecule has 1 aliphatic heterocycles. The second-order valence-electron chi connectivity index (χ2n) is 9.35. The van der Waals surface area contributed by atoms with Gasteiger partial charge < -0.3 is 5.11 Å². The number of hydrogen-bond acceptors (Lipinski definition) is 3. The molecule has 0 spiro atoms. The molecule has 1 N–H and O–H groups in total. The van der Waals surface area contributed by atoms with E-state index in [1.165, 1.54) is 0 Å². The van der Waals surface area contributed by atoms with Crippen LogP contribution in [0.4, 0.5) is 0 Å². The molecule has 2 fully saturated rings. The average molecular weight is 352 g/mol. The highest BCUT2D eigenvalue weighted by Crippen LogP contribution is 2.53. The lowest BCUT2D eigenvalue weighted by Crippen LogP contribution is -2.37. The summed E-state index contributed by atoms with van der Waals surface area (Å²) < 4.78 is 28.0. The van der Waals surface area contributed by atoms with Crippen LogP contribution in [0.2, 0.25) is 0 Å². The summed E-state index contributed by atoms with van der Waals surface area (Å²) in [6.07, 6.45) is 2.95. The van der Waals surface area contributed by atoms with Gasteiger partial charge in [0.2, 0.25) is 10.0 Å². The molecule has 2 aliphatic rings. The predicted molar refractivity (Wildman–Crippen MR) is 95.1 cm³/mol. The molecule has 1 heterocycles. The van der Waals surface area contributed by atoms with Crippen molar-refractivity contribution >= 4 is 10.0 Å². The van der Waals surface area contributed by atoms with Gasteiger partial charge in [0.25, 0.3) is 0 Å². The highest BCUT2D eigenvalue weighted by atomic mass is 32.2. The fourth-order valence-electron chi connectivity index (χ4n) is 4.86. The maximum atomic E-state index is 13.2. The second-order valence-corrected chi connectivity index (χ2v) is 11.2. The molecule has 134 valence electrons. The van der Waals surface area contributed by atoms with Crippen molar-refractivity contribution in [3.05, 3.63) is 29.8 Å². The Hall–Kier alpha value is -0.910. The third kappa shape index (κ3) is 3.14. The molecule has 0 unspecified atom stereocenters. The molecule has 0 amide bonds. The van der Waals surface area contributed by atoms with Crippen LogP contribution in [0.25, 0.3) is 0 Å². The zero-order chi connectivity index (χ0) is 18.0. The first-order valence-electron chi connectivity index (χ1n) is 8.67. The Kier molecular flexibility index (Phi) is 3.95. The van der Waals surface area contributed by atoms with Crippen LogP contribution in [0.1, 0.15) is 59.4 Å². The summed E-state index contributed by atoms with van der Waals surface area (Å²) in [5, 5.41) is 10.0. The lowest BCUT2D eigenvalue weighted by atomic mass is 9.65. The van der Waals surface area contributed by atoms with Crippen LogP contribution in [0.15, 0.2) is 29.2 Å². The van der Waals surface area contributed by atoms with Gasteiger partial charge in [0.05, 0.1) is 10.5 Å². The summed E-state index contributed by atoms with van der Waals surface area (Å²) in [5.41, 5.74) is 0.0122.